The van der Waals surface area contributed by atoms with Crippen LogP contribution >= 0.6 is 0 Å². The Labute approximate surface area is 162 Å². The van der Waals surface area contributed by atoms with E-state index in [4.69, 9.17) is 0 Å². The van der Waals surface area contributed by atoms with Crippen molar-refractivity contribution in [2.24, 2.45) is 11.8 Å². The molecule has 0 N–H and O–H groups in total. The standard InChI is InChI=1S/C21H24F3N3O/c1-13(2)9-26-10-14-5-16(12-26)19-6-15(7-20(28)27(19)11-14)18-8-17(3-4-25-18)21(22,23)24/h3-4,6-8,13-14,16H,5,9-12H2,1-2H3/t14-,16+/m0/s1. The smallest absolute Gasteiger partial charge is 0.312 e. The highest BCUT2D eigenvalue weighted by Crippen LogP contribution is 2.37. The molecule has 2 aromatic heterocycles. The van der Waals surface area contributed by atoms with Gasteiger partial charge in [-0.3, -0.25) is 9.78 Å². The Hall–Kier alpha value is -2.15. The monoisotopic (exact) mass is 391 g/mol. The summed E-state index contributed by atoms with van der Waals surface area (Å²) in [4.78, 5) is 19.3. The summed E-state index contributed by atoms with van der Waals surface area (Å²) in [5.41, 5.74) is 0.662. The van der Waals surface area contributed by atoms with Gasteiger partial charge in [0.25, 0.3) is 5.56 Å². The average molecular weight is 391 g/mol. The molecule has 2 bridgehead atoms. The number of nitrogens with zero attached hydrogens (tertiary/aromatic N) is 3. The lowest BCUT2D eigenvalue weighted by atomic mass is 9.82. The van der Waals surface area contributed by atoms with E-state index in [1.807, 2.05) is 10.6 Å². The summed E-state index contributed by atoms with van der Waals surface area (Å²) < 4.78 is 41.0. The van der Waals surface area contributed by atoms with E-state index in [0.717, 1.165) is 50.1 Å². The predicted octanol–water partition coefficient (Wildman–Crippen LogP) is 4.00. The van der Waals surface area contributed by atoms with Crippen LogP contribution in [0.2, 0.25) is 0 Å². The zero-order valence-electron chi connectivity index (χ0n) is 16.0. The highest BCUT2D eigenvalue weighted by Gasteiger charge is 2.35. The van der Waals surface area contributed by atoms with E-state index >= 15 is 0 Å². The Morgan fingerprint density at radius 1 is 1.18 bits per heavy atom. The zero-order valence-corrected chi connectivity index (χ0v) is 16.0. The van der Waals surface area contributed by atoms with Crippen LogP contribution in [0, 0.1) is 11.8 Å². The lowest BCUT2D eigenvalue weighted by Crippen LogP contribution is -2.48. The zero-order chi connectivity index (χ0) is 20.1. The number of likely N-dealkylation sites (tertiary alicyclic amines) is 1. The third-order valence-electron chi connectivity index (χ3n) is 5.64. The third-order valence-corrected chi connectivity index (χ3v) is 5.64. The van der Waals surface area contributed by atoms with E-state index in [1.54, 1.807) is 0 Å². The molecule has 4 nitrogen and oxygen atoms in total. The highest BCUT2D eigenvalue weighted by molar-refractivity contribution is 5.60. The van der Waals surface area contributed by atoms with Gasteiger partial charge in [-0.25, -0.2) is 0 Å². The van der Waals surface area contributed by atoms with Gasteiger partial charge in [-0.1, -0.05) is 13.8 Å². The molecule has 0 unspecified atom stereocenters. The maximum absolute atomic E-state index is 13.1. The first-order valence-electron chi connectivity index (χ1n) is 9.71. The number of halogens is 3. The summed E-state index contributed by atoms with van der Waals surface area (Å²) in [7, 11) is 0. The fourth-order valence-corrected chi connectivity index (χ4v) is 4.64. The first-order valence-corrected chi connectivity index (χ1v) is 9.71. The van der Waals surface area contributed by atoms with Crippen LogP contribution in [0.15, 0.2) is 35.3 Å². The number of rotatable bonds is 3. The van der Waals surface area contributed by atoms with Crippen molar-refractivity contribution in [3.63, 3.8) is 0 Å². The summed E-state index contributed by atoms with van der Waals surface area (Å²) >= 11 is 0. The van der Waals surface area contributed by atoms with Crippen LogP contribution in [-0.2, 0) is 12.7 Å². The largest absolute Gasteiger partial charge is 0.416 e. The first-order chi connectivity index (χ1) is 13.2. The second kappa shape index (κ2) is 7.03. The molecule has 1 fully saturated rings. The topological polar surface area (TPSA) is 38.1 Å². The molecule has 2 atom stereocenters. The van der Waals surface area contributed by atoms with E-state index in [9.17, 15) is 18.0 Å². The molecule has 0 spiro atoms. The average Bonchev–Trinajstić information content (AvgIpc) is 2.61. The molecule has 7 heteroatoms. The van der Waals surface area contributed by atoms with Crippen LogP contribution in [0.3, 0.4) is 0 Å². The second-order valence-electron chi connectivity index (χ2n) is 8.46. The van der Waals surface area contributed by atoms with Gasteiger partial charge >= 0.3 is 6.18 Å². The molecule has 2 aliphatic rings. The lowest BCUT2D eigenvalue weighted by Gasteiger charge is -2.43. The molecule has 0 radical (unpaired) electrons. The molecule has 150 valence electrons. The summed E-state index contributed by atoms with van der Waals surface area (Å²) in [6.07, 6.45) is -2.27. The molecule has 0 saturated carbocycles. The number of hydrogen-bond acceptors (Lipinski definition) is 3. The number of aromatic nitrogens is 2. The van der Waals surface area contributed by atoms with Crippen molar-refractivity contribution >= 4 is 0 Å². The van der Waals surface area contributed by atoms with E-state index in [0.29, 0.717) is 23.9 Å². The van der Waals surface area contributed by atoms with Crippen molar-refractivity contribution in [3.05, 3.63) is 52.1 Å². The minimum Gasteiger partial charge on any atom is -0.312 e. The van der Waals surface area contributed by atoms with Gasteiger partial charge in [0, 0.05) is 55.6 Å². The van der Waals surface area contributed by atoms with Crippen LogP contribution in [0.25, 0.3) is 11.3 Å². The Morgan fingerprint density at radius 2 is 1.96 bits per heavy atom. The molecule has 2 aliphatic heterocycles. The fourth-order valence-electron chi connectivity index (χ4n) is 4.64. The van der Waals surface area contributed by atoms with Gasteiger partial charge < -0.3 is 9.47 Å². The normalized spacial score (nSPS) is 22.4. The van der Waals surface area contributed by atoms with Gasteiger partial charge in [-0.2, -0.15) is 13.2 Å². The van der Waals surface area contributed by atoms with Gasteiger partial charge in [-0.05, 0) is 36.5 Å². The summed E-state index contributed by atoms with van der Waals surface area (Å²) in [5, 5.41) is 0. The van der Waals surface area contributed by atoms with Crippen LogP contribution in [0.1, 0.15) is 37.4 Å². The predicted molar refractivity (Wildman–Crippen MR) is 101 cm³/mol. The molecule has 2 aromatic rings. The van der Waals surface area contributed by atoms with E-state index < -0.39 is 11.7 Å². The minimum absolute atomic E-state index is 0.154. The van der Waals surface area contributed by atoms with Crippen molar-refractivity contribution in [2.75, 3.05) is 19.6 Å². The van der Waals surface area contributed by atoms with Crippen molar-refractivity contribution in [2.45, 2.75) is 38.9 Å². The highest BCUT2D eigenvalue weighted by atomic mass is 19.4. The minimum atomic E-state index is -4.44. The van der Waals surface area contributed by atoms with E-state index in [2.05, 4.69) is 23.7 Å². The fraction of sp³-hybridized carbons (Fsp3) is 0.524. The van der Waals surface area contributed by atoms with Crippen LogP contribution < -0.4 is 5.56 Å². The molecule has 28 heavy (non-hydrogen) atoms. The third kappa shape index (κ3) is 3.72. The molecule has 4 rings (SSSR count). The number of hydrogen-bond donors (Lipinski definition) is 0. The van der Waals surface area contributed by atoms with Crippen LogP contribution in [0.4, 0.5) is 13.2 Å². The number of pyridine rings is 2. The molecule has 4 heterocycles. The molecular formula is C21H24F3N3O. The van der Waals surface area contributed by atoms with Crippen molar-refractivity contribution in [1.82, 2.24) is 14.5 Å². The summed E-state index contributed by atoms with van der Waals surface area (Å²) in [5.74, 6) is 1.24. The molecule has 0 amide bonds. The van der Waals surface area contributed by atoms with Crippen molar-refractivity contribution in [3.8, 4) is 11.3 Å². The van der Waals surface area contributed by atoms with Gasteiger partial charge in [0.05, 0.1) is 11.3 Å². The Balaban J connectivity index is 1.71. The number of alkyl halides is 3. The van der Waals surface area contributed by atoms with Crippen molar-refractivity contribution in [1.29, 1.82) is 0 Å². The Bertz CT molecular complexity index is 935. The van der Waals surface area contributed by atoms with Crippen LogP contribution in [0.5, 0.6) is 0 Å². The molecule has 0 aromatic carbocycles. The van der Waals surface area contributed by atoms with Crippen LogP contribution in [-0.4, -0.2) is 34.1 Å². The van der Waals surface area contributed by atoms with Gasteiger partial charge in [0.15, 0.2) is 0 Å². The number of piperidine rings is 1. The Morgan fingerprint density at radius 3 is 2.68 bits per heavy atom. The molecular weight excluding hydrogens is 367 g/mol. The molecule has 0 aliphatic carbocycles. The Kier molecular flexibility index (Phi) is 4.81. The first kappa shape index (κ1) is 19.2. The van der Waals surface area contributed by atoms with Crippen molar-refractivity contribution < 1.29 is 13.2 Å². The van der Waals surface area contributed by atoms with Gasteiger partial charge in [0.2, 0.25) is 0 Å². The molecule has 1 saturated heterocycles. The lowest BCUT2D eigenvalue weighted by molar-refractivity contribution is -0.137. The summed E-state index contributed by atoms with van der Waals surface area (Å²) in [6.45, 7) is 7.97. The van der Waals surface area contributed by atoms with E-state index in [-0.39, 0.29) is 17.2 Å². The maximum Gasteiger partial charge on any atom is 0.416 e. The number of fused-ring (bicyclic) bond motifs is 4. The SMILES string of the molecule is CC(C)CN1C[C@@H]2C[C@H](C1)c1cc(-c3cc(C(F)(F)F)ccn3)cc(=O)n1C2. The van der Waals surface area contributed by atoms with Gasteiger partial charge in [-0.15, -0.1) is 0 Å². The summed E-state index contributed by atoms with van der Waals surface area (Å²) in [6, 6.07) is 5.25. The van der Waals surface area contributed by atoms with Gasteiger partial charge in [0.1, 0.15) is 0 Å². The quantitative estimate of drug-likeness (QED) is 0.794. The maximum atomic E-state index is 13.1. The second-order valence-corrected chi connectivity index (χ2v) is 8.46. The van der Waals surface area contributed by atoms with E-state index in [1.165, 1.54) is 6.07 Å².